The predicted octanol–water partition coefficient (Wildman–Crippen LogP) is 3.13. The minimum absolute atomic E-state index is 0.0872. The summed E-state index contributed by atoms with van der Waals surface area (Å²) in [4.78, 5) is 4.15. The molecule has 3 nitrogen and oxygen atoms in total. The monoisotopic (exact) mass is 269 g/mol. The van der Waals surface area contributed by atoms with E-state index in [0.717, 1.165) is 12.0 Å². The van der Waals surface area contributed by atoms with Gasteiger partial charge < -0.3 is 0 Å². The summed E-state index contributed by atoms with van der Waals surface area (Å²) in [6.07, 6.45) is 4.48. The van der Waals surface area contributed by atoms with Gasteiger partial charge in [0.25, 0.3) is 0 Å². The lowest BCUT2D eigenvalue weighted by molar-refractivity contribution is 0.549. The summed E-state index contributed by atoms with van der Waals surface area (Å²) in [6, 6.07) is 12.8. The highest BCUT2D eigenvalue weighted by Crippen LogP contribution is 2.23. The Balaban J connectivity index is 2.13. The number of hydrogen-bond acceptors (Lipinski definition) is 3. The van der Waals surface area contributed by atoms with Crippen molar-refractivity contribution in [3.05, 3.63) is 65.5 Å². The third-order valence-corrected chi connectivity index (χ3v) is 3.55. The number of nitrogens with zero attached hydrogens (tertiary/aromatic N) is 1. The van der Waals surface area contributed by atoms with Crippen molar-refractivity contribution in [1.29, 1.82) is 0 Å². The second-order valence-electron chi connectivity index (χ2n) is 6.16. The summed E-state index contributed by atoms with van der Waals surface area (Å²) in [6.45, 7) is 6.67. The molecule has 0 amide bonds. The van der Waals surface area contributed by atoms with E-state index >= 15 is 0 Å². The van der Waals surface area contributed by atoms with Crippen LogP contribution in [-0.4, -0.2) is 4.98 Å². The summed E-state index contributed by atoms with van der Waals surface area (Å²) in [5, 5.41) is 0. The van der Waals surface area contributed by atoms with Crippen molar-refractivity contribution in [3.63, 3.8) is 0 Å². The fraction of sp³-hybridized carbons (Fsp3) is 0.353. The lowest BCUT2D eigenvalue weighted by Crippen LogP contribution is -2.29. The minimum Gasteiger partial charge on any atom is -0.271 e. The maximum Gasteiger partial charge on any atom is 0.0515 e. The number of nitrogens with one attached hydrogen (secondary N) is 1. The van der Waals surface area contributed by atoms with E-state index in [-0.39, 0.29) is 11.5 Å². The molecule has 1 atom stereocenters. The van der Waals surface area contributed by atoms with Crippen LogP contribution in [0.5, 0.6) is 0 Å². The highest BCUT2D eigenvalue weighted by Gasteiger charge is 2.14. The number of nitrogens with two attached hydrogens (primary N) is 1. The summed E-state index contributed by atoms with van der Waals surface area (Å²) in [5.74, 6) is 5.67. The summed E-state index contributed by atoms with van der Waals surface area (Å²) in [7, 11) is 0. The van der Waals surface area contributed by atoms with Crippen LogP contribution in [-0.2, 0) is 11.8 Å². The number of hydrazine groups is 1. The zero-order chi connectivity index (χ0) is 14.6. The van der Waals surface area contributed by atoms with Crippen molar-refractivity contribution in [2.75, 3.05) is 0 Å². The van der Waals surface area contributed by atoms with Gasteiger partial charge in [0, 0.05) is 12.4 Å². The van der Waals surface area contributed by atoms with E-state index < -0.39 is 0 Å². The topological polar surface area (TPSA) is 50.9 Å². The van der Waals surface area contributed by atoms with Gasteiger partial charge in [0.05, 0.1) is 6.04 Å². The summed E-state index contributed by atoms with van der Waals surface area (Å²) in [5.41, 5.74) is 6.78. The standard InChI is InChI=1S/C17H23N3/c1-17(2,3)15-8-6-13(7-9-15)11-16(20-18)14-5-4-10-19-12-14/h4-10,12,16,20H,11,18H2,1-3H3. The molecule has 2 rings (SSSR count). The van der Waals surface area contributed by atoms with Crippen LogP contribution in [0.1, 0.15) is 43.5 Å². The number of rotatable bonds is 4. The molecule has 0 saturated carbocycles. The van der Waals surface area contributed by atoms with Gasteiger partial charge in [-0.25, -0.2) is 0 Å². The van der Waals surface area contributed by atoms with Crippen LogP contribution in [0.2, 0.25) is 0 Å². The van der Waals surface area contributed by atoms with Gasteiger partial charge in [-0.05, 0) is 34.6 Å². The zero-order valence-electron chi connectivity index (χ0n) is 12.4. The third kappa shape index (κ3) is 3.65. The molecule has 3 heteroatoms. The highest BCUT2D eigenvalue weighted by molar-refractivity contribution is 5.29. The molecule has 1 heterocycles. The minimum atomic E-state index is 0.0872. The van der Waals surface area contributed by atoms with E-state index in [2.05, 4.69) is 55.4 Å². The molecule has 0 spiro atoms. The van der Waals surface area contributed by atoms with Gasteiger partial charge in [-0.1, -0.05) is 51.1 Å². The molecule has 0 aliphatic carbocycles. The Labute approximate surface area is 121 Å². The molecule has 2 aromatic rings. The van der Waals surface area contributed by atoms with Gasteiger partial charge in [-0.3, -0.25) is 16.3 Å². The van der Waals surface area contributed by atoms with E-state index in [1.807, 2.05) is 18.3 Å². The molecule has 0 saturated heterocycles. The van der Waals surface area contributed by atoms with E-state index in [1.54, 1.807) is 6.20 Å². The molecule has 3 N–H and O–H groups in total. The fourth-order valence-corrected chi connectivity index (χ4v) is 2.23. The van der Waals surface area contributed by atoms with Crippen LogP contribution in [0.25, 0.3) is 0 Å². The maximum atomic E-state index is 5.67. The average Bonchev–Trinajstić information content (AvgIpc) is 2.45. The van der Waals surface area contributed by atoms with Crippen LogP contribution >= 0.6 is 0 Å². The Bertz CT molecular complexity index is 526. The van der Waals surface area contributed by atoms with Crippen LogP contribution in [0.3, 0.4) is 0 Å². The molecule has 0 aliphatic rings. The first-order valence-corrected chi connectivity index (χ1v) is 6.96. The van der Waals surface area contributed by atoms with Crippen molar-refractivity contribution in [1.82, 2.24) is 10.4 Å². The van der Waals surface area contributed by atoms with Crippen LogP contribution in [0, 0.1) is 0 Å². The van der Waals surface area contributed by atoms with E-state index in [0.29, 0.717) is 0 Å². The molecule has 106 valence electrons. The quantitative estimate of drug-likeness (QED) is 0.662. The molecule has 0 fully saturated rings. The van der Waals surface area contributed by atoms with E-state index in [9.17, 15) is 0 Å². The Morgan fingerprint density at radius 2 is 1.85 bits per heavy atom. The van der Waals surface area contributed by atoms with Crippen molar-refractivity contribution < 1.29 is 0 Å². The van der Waals surface area contributed by atoms with Gasteiger partial charge >= 0.3 is 0 Å². The Kier molecular flexibility index (Phi) is 4.53. The van der Waals surface area contributed by atoms with Crippen LogP contribution < -0.4 is 11.3 Å². The molecule has 0 bridgehead atoms. The molecule has 1 aromatic carbocycles. The van der Waals surface area contributed by atoms with E-state index in [1.165, 1.54) is 11.1 Å². The first kappa shape index (κ1) is 14.7. The number of pyridine rings is 1. The predicted molar refractivity (Wildman–Crippen MR) is 83.1 cm³/mol. The molecule has 20 heavy (non-hydrogen) atoms. The fourth-order valence-electron chi connectivity index (χ4n) is 2.23. The Morgan fingerprint density at radius 3 is 2.35 bits per heavy atom. The highest BCUT2D eigenvalue weighted by atomic mass is 15.2. The van der Waals surface area contributed by atoms with Gasteiger partial charge in [0.1, 0.15) is 0 Å². The largest absolute Gasteiger partial charge is 0.271 e. The third-order valence-electron chi connectivity index (χ3n) is 3.55. The van der Waals surface area contributed by atoms with Gasteiger partial charge in [0.2, 0.25) is 0 Å². The second kappa shape index (κ2) is 6.16. The SMILES string of the molecule is CC(C)(C)c1ccc(CC(NN)c2cccnc2)cc1. The van der Waals surface area contributed by atoms with Crippen molar-refractivity contribution in [3.8, 4) is 0 Å². The smallest absolute Gasteiger partial charge is 0.0515 e. The van der Waals surface area contributed by atoms with Crippen molar-refractivity contribution in [2.45, 2.75) is 38.6 Å². The zero-order valence-corrected chi connectivity index (χ0v) is 12.4. The number of hydrogen-bond donors (Lipinski definition) is 2. The van der Waals surface area contributed by atoms with Gasteiger partial charge in [0.15, 0.2) is 0 Å². The molecule has 0 aliphatic heterocycles. The lowest BCUT2D eigenvalue weighted by atomic mass is 9.86. The normalized spacial score (nSPS) is 13.2. The number of benzene rings is 1. The molecule has 1 aromatic heterocycles. The van der Waals surface area contributed by atoms with Crippen molar-refractivity contribution in [2.24, 2.45) is 5.84 Å². The molecular formula is C17H23N3. The Hall–Kier alpha value is -1.71. The first-order chi connectivity index (χ1) is 9.50. The average molecular weight is 269 g/mol. The molecule has 0 radical (unpaired) electrons. The van der Waals surface area contributed by atoms with Crippen molar-refractivity contribution >= 4 is 0 Å². The summed E-state index contributed by atoms with van der Waals surface area (Å²) < 4.78 is 0. The number of aromatic nitrogens is 1. The van der Waals surface area contributed by atoms with Crippen LogP contribution in [0.4, 0.5) is 0 Å². The van der Waals surface area contributed by atoms with Crippen LogP contribution in [0.15, 0.2) is 48.8 Å². The summed E-state index contributed by atoms with van der Waals surface area (Å²) >= 11 is 0. The molecular weight excluding hydrogens is 246 g/mol. The second-order valence-corrected chi connectivity index (χ2v) is 6.16. The molecule has 1 unspecified atom stereocenters. The Morgan fingerprint density at radius 1 is 1.15 bits per heavy atom. The maximum absolute atomic E-state index is 5.67. The van der Waals surface area contributed by atoms with Gasteiger partial charge in [-0.2, -0.15) is 0 Å². The first-order valence-electron chi connectivity index (χ1n) is 6.96. The van der Waals surface area contributed by atoms with Gasteiger partial charge in [-0.15, -0.1) is 0 Å². The van der Waals surface area contributed by atoms with E-state index in [4.69, 9.17) is 5.84 Å². The lowest BCUT2D eigenvalue weighted by Gasteiger charge is -2.20.